The molecule has 11 heavy (non-hydrogen) atoms. The lowest BCUT2D eigenvalue weighted by Gasteiger charge is -1.87. The van der Waals surface area contributed by atoms with Gasteiger partial charge in [-0.3, -0.25) is 0 Å². The molecule has 0 saturated carbocycles. The van der Waals surface area contributed by atoms with Crippen molar-refractivity contribution < 1.29 is 4.42 Å². The Morgan fingerprint density at radius 3 is 2.82 bits per heavy atom. The summed E-state index contributed by atoms with van der Waals surface area (Å²) >= 11 is 1.58. The van der Waals surface area contributed by atoms with E-state index in [-0.39, 0.29) is 0 Å². The monoisotopic (exact) mass is 172 g/mol. The van der Waals surface area contributed by atoms with Gasteiger partial charge in [0.2, 0.25) is 5.89 Å². The number of hydrogen-bond acceptors (Lipinski definition) is 4. The first-order chi connectivity index (χ1) is 5.36. The molecule has 0 radical (unpaired) electrons. The predicted octanol–water partition coefficient (Wildman–Crippen LogP) is 2.13. The van der Waals surface area contributed by atoms with Crippen molar-refractivity contribution in [3.63, 3.8) is 0 Å². The number of nitrogens with zero attached hydrogens (tertiary/aromatic N) is 2. The molecule has 0 aliphatic carbocycles. The number of hydrogen-bond donors (Lipinski definition) is 0. The van der Waals surface area contributed by atoms with Crippen LogP contribution in [0.25, 0.3) is 0 Å². The van der Waals surface area contributed by atoms with E-state index in [0.29, 0.717) is 5.22 Å². The SMILES string of the molecule is CCCc1nnc(SCC)o1. The van der Waals surface area contributed by atoms with Crippen molar-refractivity contribution in [1.29, 1.82) is 0 Å². The lowest BCUT2D eigenvalue weighted by atomic mass is 10.3. The molecule has 3 nitrogen and oxygen atoms in total. The van der Waals surface area contributed by atoms with E-state index in [9.17, 15) is 0 Å². The first-order valence-corrected chi connectivity index (χ1v) is 4.80. The molecule has 1 heterocycles. The van der Waals surface area contributed by atoms with Gasteiger partial charge in [0.25, 0.3) is 5.22 Å². The van der Waals surface area contributed by atoms with Crippen molar-refractivity contribution >= 4 is 11.8 Å². The Balaban J connectivity index is 2.51. The number of aryl methyl sites for hydroxylation is 1. The molecule has 0 aliphatic rings. The van der Waals surface area contributed by atoms with Crippen LogP contribution in [0.2, 0.25) is 0 Å². The molecule has 4 heteroatoms. The second-order valence-electron chi connectivity index (χ2n) is 2.14. The molecule has 1 aromatic rings. The van der Waals surface area contributed by atoms with Crippen LogP contribution >= 0.6 is 11.8 Å². The van der Waals surface area contributed by atoms with Gasteiger partial charge >= 0.3 is 0 Å². The third-order valence-electron chi connectivity index (χ3n) is 1.18. The molecule has 0 bridgehead atoms. The second kappa shape index (κ2) is 4.38. The smallest absolute Gasteiger partial charge is 0.276 e. The molecular formula is C7H12N2OS. The van der Waals surface area contributed by atoms with Crippen molar-refractivity contribution in [2.45, 2.75) is 31.9 Å². The van der Waals surface area contributed by atoms with E-state index in [0.717, 1.165) is 24.5 Å². The molecule has 0 N–H and O–H groups in total. The van der Waals surface area contributed by atoms with Crippen molar-refractivity contribution in [1.82, 2.24) is 10.2 Å². The predicted molar refractivity (Wildman–Crippen MR) is 44.7 cm³/mol. The third-order valence-corrected chi connectivity index (χ3v) is 1.88. The van der Waals surface area contributed by atoms with E-state index in [4.69, 9.17) is 4.42 Å². The van der Waals surface area contributed by atoms with Crippen LogP contribution in [0.3, 0.4) is 0 Å². The Morgan fingerprint density at radius 2 is 2.18 bits per heavy atom. The minimum absolute atomic E-state index is 0.691. The molecule has 1 rings (SSSR count). The lowest BCUT2D eigenvalue weighted by Crippen LogP contribution is -1.80. The second-order valence-corrected chi connectivity index (χ2v) is 3.36. The first kappa shape index (κ1) is 8.59. The van der Waals surface area contributed by atoms with Crippen LogP contribution in [0.15, 0.2) is 9.64 Å². The van der Waals surface area contributed by atoms with E-state index < -0.39 is 0 Å². The zero-order valence-corrected chi connectivity index (χ0v) is 7.65. The highest BCUT2D eigenvalue weighted by atomic mass is 32.2. The number of thioether (sulfide) groups is 1. The van der Waals surface area contributed by atoms with Gasteiger partial charge in [0.15, 0.2) is 0 Å². The van der Waals surface area contributed by atoms with Crippen LogP contribution < -0.4 is 0 Å². The maximum atomic E-state index is 5.31. The van der Waals surface area contributed by atoms with Crippen molar-refractivity contribution in [3.05, 3.63) is 5.89 Å². The Morgan fingerprint density at radius 1 is 1.36 bits per heavy atom. The van der Waals surface area contributed by atoms with Crippen LogP contribution in [0.4, 0.5) is 0 Å². The summed E-state index contributed by atoms with van der Waals surface area (Å²) in [5.74, 6) is 1.73. The first-order valence-electron chi connectivity index (χ1n) is 3.82. The maximum absolute atomic E-state index is 5.31. The minimum atomic E-state index is 0.691. The number of rotatable bonds is 4. The normalized spacial score (nSPS) is 10.4. The summed E-state index contributed by atoms with van der Waals surface area (Å²) in [6, 6.07) is 0. The highest BCUT2D eigenvalue weighted by molar-refractivity contribution is 7.99. The van der Waals surface area contributed by atoms with Crippen LogP contribution in [-0.2, 0) is 6.42 Å². The molecule has 0 fully saturated rings. The van der Waals surface area contributed by atoms with Gasteiger partial charge in [-0.25, -0.2) is 0 Å². The Hall–Kier alpha value is -0.510. The Bertz CT molecular complexity index is 191. The van der Waals surface area contributed by atoms with Crippen LogP contribution in [-0.4, -0.2) is 16.0 Å². The van der Waals surface area contributed by atoms with E-state index in [1.165, 1.54) is 0 Å². The standard InChI is InChI=1S/C7H12N2OS/c1-3-5-6-8-9-7(10-6)11-4-2/h3-5H2,1-2H3. The van der Waals surface area contributed by atoms with E-state index >= 15 is 0 Å². The fourth-order valence-corrected chi connectivity index (χ4v) is 1.24. The van der Waals surface area contributed by atoms with Crippen molar-refractivity contribution in [2.24, 2.45) is 0 Å². The Kier molecular flexibility index (Phi) is 3.42. The summed E-state index contributed by atoms with van der Waals surface area (Å²) in [6.07, 6.45) is 1.94. The molecule has 0 aliphatic heterocycles. The molecular weight excluding hydrogens is 160 g/mol. The average Bonchev–Trinajstić information content (AvgIpc) is 2.38. The van der Waals surface area contributed by atoms with Gasteiger partial charge in [-0.1, -0.05) is 25.6 Å². The van der Waals surface area contributed by atoms with Gasteiger partial charge in [-0.2, -0.15) is 0 Å². The molecule has 1 aromatic heterocycles. The van der Waals surface area contributed by atoms with Gasteiger partial charge in [0.1, 0.15) is 0 Å². The van der Waals surface area contributed by atoms with Gasteiger partial charge in [-0.05, 0) is 12.2 Å². The van der Waals surface area contributed by atoms with Gasteiger partial charge in [-0.15, -0.1) is 10.2 Å². The van der Waals surface area contributed by atoms with Crippen LogP contribution in [0.5, 0.6) is 0 Å². The third kappa shape index (κ3) is 2.54. The quantitative estimate of drug-likeness (QED) is 0.652. The number of aromatic nitrogens is 2. The molecule has 0 spiro atoms. The molecule has 62 valence electrons. The van der Waals surface area contributed by atoms with Gasteiger partial charge < -0.3 is 4.42 Å². The maximum Gasteiger partial charge on any atom is 0.276 e. The molecule has 0 saturated heterocycles. The lowest BCUT2D eigenvalue weighted by molar-refractivity contribution is 0.411. The average molecular weight is 172 g/mol. The Labute approximate surface area is 70.6 Å². The molecule has 0 amide bonds. The van der Waals surface area contributed by atoms with Gasteiger partial charge in [0, 0.05) is 6.42 Å². The zero-order chi connectivity index (χ0) is 8.10. The summed E-state index contributed by atoms with van der Waals surface area (Å²) < 4.78 is 5.31. The zero-order valence-electron chi connectivity index (χ0n) is 6.83. The van der Waals surface area contributed by atoms with Gasteiger partial charge in [0.05, 0.1) is 0 Å². The van der Waals surface area contributed by atoms with E-state index in [2.05, 4.69) is 24.0 Å². The fourth-order valence-electron chi connectivity index (χ4n) is 0.735. The largest absolute Gasteiger partial charge is 0.416 e. The summed E-state index contributed by atoms with van der Waals surface area (Å²) in [5, 5.41) is 8.45. The summed E-state index contributed by atoms with van der Waals surface area (Å²) in [6.45, 7) is 4.16. The van der Waals surface area contributed by atoms with E-state index in [1.54, 1.807) is 11.8 Å². The summed E-state index contributed by atoms with van der Waals surface area (Å²) in [5.41, 5.74) is 0. The minimum Gasteiger partial charge on any atom is -0.416 e. The van der Waals surface area contributed by atoms with Crippen LogP contribution in [0.1, 0.15) is 26.2 Å². The topological polar surface area (TPSA) is 38.9 Å². The fraction of sp³-hybridized carbons (Fsp3) is 0.714. The molecule has 0 aromatic carbocycles. The molecule has 0 unspecified atom stereocenters. The highest BCUT2D eigenvalue weighted by Gasteiger charge is 2.03. The van der Waals surface area contributed by atoms with Crippen molar-refractivity contribution in [3.8, 4) is 0 Å². The van der Waals surface area contributed by atoms with Crippen molar-refractivity contribution in [2.75, 3.05) is 5.75 Å². The van der Waals surface area contributed by atoms with Crippen LogP contribution in [0, 0.1) is 0 Å². The molecule has 0 atom stereocenters. The summed E-state index contributed by atoms with van der Waals surface area (Å²) in [4.78, 5) is 0. The van der Waals surface area contributed by atoms with E-state index in [1.807, 2.05) is 0 Å². The highest BCUT2D eigenvalue weighted by Crippen LogP contribution is 2.15. The summed E-state index contributed by atoms with van der Waals surface area (Å²) in [7, 11) is 0.